The summed E-state index contributed by atoms with van der Waals surface area (Å²) in [5.41, 5.74) is 14.5. The summed E-state index contributed by atoms with van der Waals surface area (Å²) in [7, 11) is 1.61. The number of alkyl halides is 4. The van der Waals surface area contributed by atoms with Gasteiger partial charge >= 0.3 is 12.1 Å². The number of rotatable bonds is 17. The topological polar surface area (TPSA) is 463 Å². The van der Waals surface area contributed by atoms with Gasteiger partial charge in [-0.05, 0) is 242 Å². The van der Waals surface area contributed by atoms with Crippen LogP contribution in [0.1, 0.15) is 137 Å². The van der Waals surface area contributed by atoms with Crippen LogP contribution >= 0.6 is 11.3 Å². The number of carbonyl (C=O) groups is 2. The molecule has 1 aliphatic heterocycles. The number of benzene rings is 10. The minimum atomic E-state index is -3.19. The van der Waals surface area contributed by atoms with E-state index >= 15 is 0 Å². The third kappa shape index (κ3) is 32.2. The molecule has 0 radical (unpaired) electrons. The summed E-state index contributed by atoms with van der Waals surface area (Å²) in [4.78, 5) is 62.5. The number of ketones is 2. The van der Waals surface area contributed by atoms with Crippen LogP contribution in [-0.4, -0.2) is 138 Å². The summed E-state index contributed by atoms with van der Waals surface area (Å²) in [5.74, 6) is 10.3. The molecule has 2 atom stereocenters. The molecule has 0 saturated carbocycles. The van der Waals surface area contributed by atoms with E-state index in [-0.39, 0.29) is 17.3 Å². The maximum Gasteiger partial charge on any atom is 0.404 e. The maximum absolute atomic E-state index is 13.4. The van der Waals surface area contributed by atoms with E-state index in [9.17, 15) is 27.2 Å². The predicted molar refractivity (Wildman–Crippen MR) is 531 cm³/mol. The number of halogens is 4. The van der Waals surface area contributed by atoms with Gasteiger partial charge in [-0.25, -0.2) is 18.9 Å². The first-order valence-corrected chi connectivity index (χ1v) is 45.6. The van der Waals surface area contributed by atoms with Crippen molar-refractivity contribution in [3.8, 4) is 132 Å². The van der Waals surface area contributed by atoms with Crippen molar-refractivity contribution in [3.05, 3.63) is 334 Å². The van der Waals surface area contributed by atoms with Crippen LogP contribution in [0.4, 0.5) is 23.2 Å². The average molecular weight is 2010 g/mol. The van der Waals surface area contributed by atoms with E-state index in [2.05, 4.69) is 144 Å². The first-order chi connectivity index (χ1) is 70.4. The molecule has 11 heterocycles. The van der Waals surface area contributed by atoms with Gasteiger partial charge in [0.1, 0.15) is 17.2 Å². The SMILES string of the molecule is CC(=O)c1ccc(-c2nc(C)no2)cc1.CC(=O)c1ccc(C#N)cc1.CCc1ccc2nc(-c3nc(C)no3)sc2c1.COc1ccccc1-c1nc(C)no1.Cc1ccc(-n2cc(C)nn2)cc1.Cc1cccc(-c2nc(C)no2)c1.Cc1noc(-c2ccc(OC(C)(F)F)cc2)n1.Cc1noc(-c2ccc(OC(C)F)cc2)n1.Cc1noc(-c2ccc3c(c2)OC(C)(F)O3)n1.[C-]#[N+]c1ccccc1-c1nc(C)no1. The average Bonchev–Trinajstić information content (AvgIpc) is 1.65. The van der Waals surface area contributed by atoms with Gasteiger partial charge < -0.3 is 59.9 Å². The van der Waals surface area contributed by atoms with Gasteiger partial charge in [0.2, 0.25) is 12.2 Å². The summed E-state index contributed by atoms with van der Waals surface area (Å²) in [5, 5.41) is 46.8. The van der Waals surface area contributed by atoms with Gasteiger partial charge in [0.25, 0.3) is 41.2 Å². The fraction of sp³-hybridized carbons (Fsp3) is 0.210. The molecular weight excluding hydrogens is 1920 g/mol. The molecular formula is C105H96F4N22O15S. The van der Waals surface area contributed by atoms with Crippen LogP contribution in [0.15, 0.2) is 273 Å². The molecule has 10 aromatic heterocycles. The zero-order chi connectivity index (χ0) is 105. The normalized spacial score (nSPS) is 11.9. The second-order valence-corrected chi connectivity index (χ2v) is 32.9. The fourth-order valence-corrected chi connectivity index (χ4v) is 13.6. The van der Waals surface area contributed by atoms with Gasteiger partial charge in [0, 0.05) is 65.3 Å². The zero-order valence-electron chi connectivity index (χ0n) is 82.7. The number of fused-ring (bicyclic) bond motifs is 2. The molecule has 0 bridgehead atoms. The van der Waals surface area contributed by atoms with Crippen LogP contribution in [0.5, 0.6) is 28.7 Å². The third-order valence-corrected chi connectivity index (χ3v) is 20.6. The first-order valence-electron chi connectivity index (χ1n) is 44.8. The van der Waals surface area contributed by atoms with Crippen molar-refractivity contribution in [3.63, 3.8) is 0 Å². The van der Waals surface area contributed by atoms with Crippen LogP contribution < -0.4 is 23.7 Å². The smallest absolute Gasteiger partial charge is 0.404 e. The van der Waals surface area contributed by atoms with E-state index < -0.39 is 18.5 Å². The lowest BCUT2D eigenvalue weighted by Crippen LogP contribution is -2.27. The highest BCUT2D eigenvalue weighted by molar-refractivity contribution is 7.21. The molecule has 750 valence electrons. The molecule has 0 aliphatic carbocycles. The Balaban J connectivity index is 0.000000146. The van der Waals surface area contributed by atoms with E-state index in [0.717, 1.165) is 61.0 Å². The van der Waals surface area contributed by atoms with E-state index in [1.807, 2.05) is 106 Å². The quantitative estimate of drug-likeness (QED) is 0.0464. The highest BCUT2D eigenvalue weighted by atomic mass is 32.1. The molecule has 42 heteroatoms. The Labute approximate surface area is 842 Å². The van der Waals surface area contributed by atoms with E-state index in [1.165, 1.54) is 56.5 Å². The minimum Gasteiger partial charge on any atom is -0.496 e. The minimum absolute atomic E-state index is 0.0227. The zero-order valence-corrected chi connectivity index (χ0v) is 83.5. The summed E-state index contributed by atoms with van der Waals surface area (Å²) in [6, 6.07) is 68.4. The molecule has 0 N–H and O–H groups in total. The van der Waals surface area contributed by atoms with Crippen molar-refractivity contribution in [1.82, 2.24) is 101 Å². The standard InChI is InChI=1S/C12H11N3OS.C11H10F2N2O2.C11H9FN2O3.C11H11FN2O2.C11H10N2O2.C10H7N3O.C10H11N3.C10H10N2O2.C10H10N2O.C9H7NO/c1-3-8-4-5-9-10(6-8)17-12(14-9)11-13-7(2)15-16-11;1-7-14-10(17-15-7)8-3-5-9(6-4-8)16-11(2,12)13;1-6-13-10(17-14-6)7-3-4-8-9(5-7)16-11(2,12)15-8;1-7(12)15-10-5-3-9(4-6-10)11-13-8(2)14-16-11;1-7(14)9-3-5-10(6-4-9)11-12-8(2)13-15-11;1-7-12-10(14-13-7)8-5-3-4-6-9(8)11-2;1-8-3-5-10(6-4-8)13-7-9(2)11-12-13;1-7-11-10(14-12-7)8-5-3-4-6-9(8)13-2;1-7-4-3-5-9(6-7)10-11-8(2)12-13-10;1-7(11)9-4-2-8(6-10)3-5-9/h4-6H,3H2,1-2H3;3-6H,1-2H3;3-5H,1-2H3;3-7H,1-2H3;3-6H,1-2H3;3-6H,1H3;3-7H,1-2H3;3-6H,1-2H3;3-6H,1-2H3;2-5H,1H3. The Kier molecular flexibility index (Phi) is 37.0. The second-order valence-electron chi connectivity index (χ2n) is 31.9. The Bertz CT molecular complexity index is 7790. The van der Waals surface area contributed by atoms with Crippen molar-refractivity contribution in [1.29, 1.82) is 5.26 Å². The fourth-order valence-electron chi connectivity index (χ4n) is 12.7. The number of nitrogens with zero attached hydrogens (tertiary/aromatic N) is 22. The molecule has 0 amide bonds. The van der Waals surface area contributed by atoms with Gasteiger partial charge in [-0.15, -0.1) is 16.4 Å². The number of hydrogen-bond acceptors (Lipinski definition) is 36. The predicted octanol–water partition coefficient (Wildman–Crippen LogP) is 24.3. The lowest BCUT2D eigenvalue weighted by atomic mass is 10.1. The van der Waals surface area contributed by atoms with Crippen LogP contribution in [0.2, 0.25) is 0 Å². The van der Waals surface area contributed by atoms with E-state index in [4.69, 9.17) is 67.0 Å². The first kappa shape index (κ1) is 107. The molecule has 21 rings (SSSR count). The lowest BCUT2D eigenvalue weighted by molar-refractivity contribution is -0.173. The summed E-state index contributed by atoms with van der Waals surface area (Å²) >= 11 is 1.59. The second kappa shape index (κ2) is 50.7. The number of aromatic nitrogens is 20. The number of para-hydroxylation sites is 2. The molecule has 2 unspecified atom stereocenters. The van der Waals surface area contributed by atoms with Gasteiger partial charge in [-0.2, -0.15) is 58.3 Å². The number of Topliss-reactive ketones (excluding diaryl/α,β-unsaturated/α-hetero) is 2. The Morgan fingerprint density at radius 1 is 0.483 bits per heavy atom. The number of aryl methyl sites for hydroxylation is 12. The summed E-state index contributed by atoms with van der Waals surface area (Å²) in [6.07, 6.45) is -1.58. The number of thiazole rings is 1. The highest BCUT2D eigenvalue weighted by Crippen LogP contribution is 2.43. The highest BCUT2D eigenvalue weighted by Gasteiger charge is 2.37. The van der Waals surface area contributed by atoms with Crippen molar-refractivity contribution in [2.24, 2.45) is 0 Å². The number of ether oxygens (including phenoxy) is 5. The van der Waals surface area contributed by atoms with Crippen LogP contribution in [0.3, 0.4) is 0 Å². The van der Waals surface area contributed by atoms with Crippen molar-refractivity contribution in [2.45, 2.75) is 143 Å². The lowest BCUT2D eigenvalue weighted by Gasteiger charge is -2.12. The Hall–Kier alpha value is -18.6. The molecule has 10 aromatic carbocycles. The Morgan fingerprint density at radius 3 is 1.35 bits per heavy atom. The van der Waals surface area contributed by atoms with Gasteiger partial charge in [-0.3, -0.25) is 9.59 Å². The molecule has 0 spiro atoms. The monoisotopic (exact) mass is 2010 g/mol. The number of carbonyl (C=O) groups excluding carboxylic acids is 2. The van der Waals surface area contributed by atoms with Crippen LogP contribution in [0.25, 0.3) is 112 Å². The maximum atomic E-state index is 13.4. The molecule has 37 nitrogen and oxygen atoms in total. The van der Waals surface area contributed by atoms with Crippen molar-refractivity contribution >= 4 is 38.8 Å². The molecule has 0 fully saturated rings. The number of methoxy groups -OCH3 is 1. The van der Waals surface area contributed by atoms with Crippen molar-refractivity contribution in [2.75, 3.05) is 7.11 Å². The molecule has 147 heavy (non-hydrogen) atoms. The van der Waals surface area contributed by atoms with Crippen LogP contribution in [-0.2, 0) is 6.42 Å². The summed E-state index contributed by atoms with van der Waals surface area (Å²) in [6.45, 7) is 35.4. The van der Waals surface area contributed by atoms with Gasteiger partial charge in [0.05, 0.1) is 58.7 Å². The summed E-state index contributed by atoms with van der Waals surface area (Å²) < 4.78 is 119. The largest absolute Gasteiger partial charge is 0.496 e. The number of hydrogen-bond donors (Lipinski definition) is 0. The van der Waals surface area contributed by atoms with Gasteiger partial charge in [0.15, 0.2) is 80.4 Å². The molecule has 0 saturated heterocycles. The van der Waals surface area contributed by atoms with Crippen LogP contribution in [0, 0.1) is 94.1 Å². The number of nitriles is 1. The third-order valence-electron chi connectivity index (χ3n) is 19.6. The molecule has 1 aliphatic rings. The van der Waals surface area contributed by atoms with Gasteiger partial charge in [-0.1, -0.05) is 156 Å². The van der Waals surface area contributed by atoms with E-state index in [1.54, 1.807) is 193 Å². The van der Waals surface area contributed by atoms with E-state index in [0.29, 0.717) is 157 Å². The van der Waals surface area contributed by atoms with Crippen molar-refractivity contribution < 1.29 is 87.0 Å². The molecule has 20 aromatic rings. The Morgan fingerprint density at radius 2 is 0.912 bits per heavy atom.